The van der Waals surface area contributed by atoms with Crippen LogP contribution in [-0.2, 0) is 30.5 Å². The molecule has 0 saturated carbocycles. The minimum absolute atomic E-state index is 0.0343. The van der Waals surface area contributed by atoms with Crippen molar-refractivity contribution in [2.24, 2.45) is 0 Å². The number of aromatic nitrogens is 2. The SMILES string of the molecule is O=C(Cc1c(F)c(F)c(F)c(F)c1F)Nc1nc2c(nc1Cc1ccccc1)-c1ccc(O)c(O)c1CC2. The zero-order valence-corrected chi connectivity index (χ0v) is 19.5. The van der Waals surface area contributed by atoms with Crippen LogP contribution >= 0.6 is 0 Å². The highest BCUT2D eigenvalue weighted by molar-refractivity contribution is 5.92. The van der Waals surface area contributed by atoms with E-state index < -0.39 is 47.0 Å². The first-order chi connectivity index (χ1) is 18.2. The Labute approximate surface area is 212 Å². The number of hydrogen-bond donors (Lipinski definition) is 3. The summed E-state index contributed by atoms with van der Waals surface area (Å²) in [6, 6.07) is 11.9. The molecule has 0 radical (unpaired) electrons. The molecule has 0 bridgehead atoms. The maximum Gasteiger partial charge on any atom is 0.230 e. The van der Waals surface area contributed by atoms with Gasteiger partial charge in [-0.15, -0.1) is 0 Å². The van der Waals surface area contributed by atoms with Gasteiger partial charge in [0.1, 0.15) is 0 Å². The van der Waals surface area contributed by atoms with Crippen LogP contribution in [0.25, 0.3) is 11.3 Å². The number of aryl methyl sites for hydroxylation is 1. The van der Waals surface area contributed by atoms with E-state index in [1.54, 1.807) is 36.4 Å². The summed E-state index contributed by atoms with van der Waals surface area (Å²) in [5, 5.41) is 22.6. The molecule has 1 amide bonds. The van der Waals surface area contributed by atoms with E-state index >= 15 is 0 Å². The number of nitrogens with zero attached hydrogens (tertiary/aromatic N) is 2. The third kappa shape index (κ3) is 4.40. The molecule has 5 rings (SSSR count). The number of amides is 1. The summed E-state index contributed by atoms with van der Waals surface area (Å²) >= 11 is 0. The molecule has 1 aromatic heterocycles. The lowest BCUT2D eigenvalue weighted by atomic mass is 9.90. The lowest BCUT2D eigenvalue weighted by molar-refractivity contribution is -0.115. The van der Waals surface area contributed by atoms with Gasteiger partial charge in [-0.2, -0.15) is 0 Å². The van der Waals surface area contributed by atoms with Gasteiger partial charge in [-0.25, -0.2) is 31.9 Å². The van der Waals surface area contributed by atoms with Crippen molar-refractivity contribution in [2.45, 2.75) is 25.7 Å². The van der Waals surface area contributed by atoms with Gasteiger partial charge in [-0.1, -0.05) is 30.3 Å². The number of halogens is 5. The second-order valence-corrected chi connectivity index (χ2v) is 8.71. The van der Waals surface area contributed by atoms with Crippen LogP contribution in [0.5, 0.6) is 11.5 Å². The monoisotopic (exact) mass is 527 g/mol. The molecule has 0 unspecified atom stereocenters. The summed E-state index contributed by atoms with van der Waals surface area (Å²) in [7, 11) is 0. The number of anilines is 1. The van der Waals surface area contributed by atoms with Crippen LogP contribution in [0, 0.1) is 29.1 Å². The molecule has 0 fully saturated rings. The van der Waals surface area contributed by atoms with E-state index in [-0.39, 0.29) is 29.4 Å². The molecule has 0 atom stereocenters. The number of phenolic OH excluding ortho intramolecular Hbond substituents is 2. The Hall–Kier alpha value is -4.54. The van der Waals surface area contributed by atoms with Crippen LogP contribution in [0.4, 0.5) is 27.8 Å². The minimum Gasteiger partial charge on any atom is -0.504 e. The van der Waals surface area contributed by atoms with Gasteiger partial charge in [0.15, 0.2) is 40.6 Å². The van der Waals surface area contributed by atoms with Crippen molar-refractivity contribution in [2.75, 3.05) is 5.32 Å². The number of benzene rings is 3. The number of carbonyl (C=O) groups is 1. The van der Waals surface area contributed by atoms with Gasteiger partial charge in [-0.3, -0.25) is 4.79 Å². The molecule has 194 valence electrons. The summed E-state index contributed by atoms with van der Waals surface area (Å²) < 4.78 is 68.8. The van der Waals surface area contributed by atoms with Gasteiger partial charge < -0.3 is 15.5 Å². The third-order valence-corrected chi connectivity index (χ3v) is 6.28. The molecular weight excluding hydrogens is 509 g/mol. The van der Waals surface area contributed by atoms with Crippen molar-refractivity contribution >= 4 is 11.7 Å². The molecule has 3 N–H and O–H groups in total. The molecule has 0 aliphatic heterocycles. The van der Waals surface area contributed by atoms with Crippen molar-refractivity contribution in [1.82, 2.24) is 9.97 Å². The van der Waals surface area contributed by atoms with Gasteiger partial charge in [0.2, 0.25) is 11.7 Å². The molecule has 1 aliphatic carbocycles. The van der Waals surface area contributed by atoms with Gasteiger partial charge in [-0.05, 0) is 30.5 Å². The van der Waals surface area contributed by atoms with Gasteiger partial charge >= 0.3 is 0 Å². The lowest BCUT2D eigenvalue weighted by Crippen LogP contribution is -2.21. The second kappa shape index (κ2) is 9.73. The fraction of sp³-hybridized carbons (Fsp3) is 0.148. The average Bonchev–Trinajstić information content (AvgIpc) is 2.91. The fourth-order valence-corrected chi connectivity index (χ4v) is 4.39. The number of carbonyl (C=O) groups excluding carboxylic acids is 1. The Morgan fingerprint density at radius 1 is 0.842 bits per heavy atom. The predicted octanol–water partition coefficient (Wildman–Crippen LogP) is 5.12. The van der Waals surface area contributed by atoms with Crippen molar-refractivity contribution in [3.05, 3.63) is 99.6 Å². The minimum atomic E-state index is -2.31. The van der Waals surface area contributed by atoms with Crippen LogP contribution in [0.15, 0.2) is 42.5 Å². The molecule has 4 aromatic rings. The van der Waals surface area contributed by atoms with Crippen LogP contribution in [0.2, 0.25) is 0 Å². The van der Waals surface area contributed by atoms with E-state index in [0.29, 0.717) is 35.4 Å². The Morgan fingerprint density at radius 3 is 2.18 bits per heavy atom. The summed E-state index contributed by atoms with van der Waals surface area (Å²) in [6.45, 7) is 0. The number of aromatic hydroxyl groups is 2. The second-order valence-electron chi connectivity index (χ2n) is 8.71. The van der Waals surface area contributed by atoms with Gasteiger partial charge in [0.25, 0.3) is 0 Å². The lowest BCUT2D eigenvalue weighted by Gasteiger charge is -2.22. The van der Waals surface area contributed by atoms with E-state index in [4.69, 9.17) is 0 Å². The third-order valence-electron chi connectivity index (χ3n) is 6.28. The number of phenols is 2. The molecule has 6 nitrogen and oxygen atoms in total. The summed E-state index contributed by atoms with van der Waals surface area (Å²) in [4.78, 5) is 21.9. The van der Waals surface area contributed by atoms with Crippen LogP contribution < -0.4 is 5.32 Å². The maximum atomic E-state index is 14.1. The Balaban J connectivity index is 1.54. The van der Waals surface area contributed by atoms with E-state index in [2.05, 4.69) is 15.3 Å². The van der Waals surface area contributed by atoms with Crippen LogP contribution in [0.3, 0.4) is 0 Å². The molecule has 0 spiro atoms. The molecule has 1 aliphatic rings. The normalized spacial score (nSPS) is 12.1. The zero-order valence-electron chi connectivity index (χ0n) is 19.5. The number of hydrogen-bond acceptors (Lipinski definition) is 5. The zero-order chi connectivity index (χ0) is 27.1. The van der Waals surface area contributed by atoms with E-state index in [9.17, 15) is 37.0 Å². The van der Waals surface area contributed by atoms with E-state index in [1.165, 1.54) is 6.07 Å². The summed E-state index contributed by atoms with van der Waals surface area (Å²) in [5.41, 5.74) is 1.70. The quantitative estimate of drug-likeness (QED) is 0.145. The van der Waals surface area contributed by atoms with Gasteiger partial charge in [0.05, 0.1) is 23.5 Å². The maximum absolute atomic E-state index is 14.1. The average molecular weight is 527 g/mol. The predicted molar refractivity (Wildman–Crippen MR) is 126 cm³/mol. The molecule has 11 heteroatoms. The Morgan fingerprint density at radius 2 is 1.50 bits per heavy atom. The van der Waals surface area contributed by atoms with Crippen LogP contribution in [0.1, 0.15) is 28.1 Å². The molecule has 0 saturated heterocycles. The van der Waals surface area contributed by atoms with Crippen molar-refractivity contribution in [3.8, 4) is 22.8 Å². The fourth-order valence-electron chi connectivity index (χ4n) is 4.39. The topological polar surface area (TPSA) is 95.3 Å². The smallest absolute Gasteiger partial charge is 0.230 e. The highest BCUT2D eigenvalue weighted by Crippen LogP contribution is 2.41. The first-order valence-electron chi connectivity index (χ1n) is 11.4. The van der Waals surface area contributed by atoms with Crippen LogP contribution in [-0.4, -0.2) is 26.1 Å². The first kappa shape index (κ1) is 25.1. The highest BCUT2D eigenvalue weighted by Gasteiger charge is 2.28. The molecule has 3 aromatic carbocycles. The highest BCUT2D eigenvalue weighted by atomic mass is 19.2. The van der Waals surface area contributed by atoms with Gasteiger partial charge in [0, 0.05) is 23.1 Å². The van der Waals surface area contributed by atoms with Crippen molar-refractivity contribution in [1.29, 1.82) is 0 Å². The molecule has 1 heterocycles. The standard InChI is InChI=1S/C27H18F5N3O3/c28-20-15(21(29)23(31)24(32)22(20)30)11-19(37)35-27-17(10-12-4-2-1-3-5-12)33-25-13-7-9-18(36)26(38)14(13)6-8-16(25)34-27/h1-5,7,9,36,38H,6,8,10-11H2,(H,34,35,37). The van der Waals surface area contributed by atoms with E-state index in [1.807, 2.05) is 0 Å². The first-order valence-corrected chi connectivity index (χ1v) is 11.4. The molecule has 38 heavy (non-hydrogen) atoms. The number of nitrogens with one attached hydrogen (secondary N) is 1. The summed E-state index contributed by atoms with van der Waals surface area (Å²) in [5.74, 6) is -12.4. The molecular formula is C27H18F5N3O3. The Bertz CT molecular complexity index is 1570. The number of rotatable bonds is 5. The largest absolute Gasteiger partial charge is 0.504 e. The van der Waals surface area contributed by atoms with E-state index in [0.717, 1.165) is 5.56 Å². The summed E-state index contributed by atoms with van der Waals surface area (Å²) in [6.07, 6.45) is -0.352. The van der Waals surface area contributed by atoms with Crippen molar-refractivity contribution < 1.29 is 37.0 Å². The number of fused-ring (bicyclic) bond motifs is 3. The Kier molecular flexibility index (Phi) is 6.43. The van der Waals surface area contributed by atoms with Crippen molar-refractivity contribution in [3.63, 3.8) is 0 Å².